The van der Waals surface area contributed by atoms with Gasteiger partial charge in [0.25, 0.3) is 0 Å². The number of hydrogen-bond acceptors (Lipinski definition) is 0. The second kappa shape index (κ2) is 1.93. The van der Waals surface area contributed by atoms with Crippen molar-refractivity contribution in [3.05, 3.63) is 12.2 Å². The van der Waals surface area contributed by atoms with Gasteiger partial charge in [0.15, 0.2) is 0 Å². The van der Waals surface area contributed by atoms with E-state index >= 15 is 0 Å². The fourth-order valence-electron chi connectivity index (χ4n) is 2.71. The summed E-state index contributed by atoms with van der Waals surface area (Å²) in [6.45, 7) is 8.89. The minimum atomic E-state index is 0.321. The quantitative estimate of drug-likeness (QED) is 0.428. The number of halogens is 1. The molecule has 2 aliphatic rings. The van der Waals surface area contributed by atoms with Crippen molar-refractivity contribution < 1.29 is 0 Å². The smallest absolute Gasteiger partial charge is 0.0471 e. The molecule has 2 saturated carbocycles. The molecule has 0 nitrogen and oxygen atoms in total. The Balaban J connectivity index is 2.42. The first-order chi connectivity index (χ1) is 4.97. The summed E-state index contributed by atoms with van der Waals surface area (Å²) in [4.78, 5) is 0. The van der Waals surface area contributed by atoms with Crippen LogP contribution in [-0.4, -0.2) is 4.32 Å². The first-order valence-corrected chi connectivity index (χ1v) is 5.15. The van der Waals surface area contributed by atoms with E-state index < -0.39 is 0 Å². The van der Waals surface area contributed by atoms with Gasteiger partial charge in [-0.25, -0.2) is 0 Å². The maximum atomic E-state index is 4.21. The summed E-state index contributed by atoms with van der Waals surface area (Å²) in [6.07, 6.45) is 4.01. The summed E-state index contributed by atoms with van der Waals surface area (Å²) >= 11 is 3.83. The zero-order chi connectivity index (χ0) is 8.28. The van der Waals surface area contributed by atoms with Gasteiger partial charge >= 0.3 is 0 Å². The van der Waals surface area contributed by atoms with Gasteiger partial charge in [-0.05, 0) is 30.6 Å². The molecule has 0 aliphatic heterocycles. The molecule has 0 aromatic heterocycles. The van der Waals surface area contributed by atoms with Crippen molar-refractivity contribution in [1.82, 2.24) is 0 Å². The van der Waals surface area contributed by atoms with E-state index in [1.54, 1.807) is 0 Å². The van der Waals surface area contributed by atoms with Crippen molar-refractivity contribution in [1.29, 1.82) is 0 Å². The van der Waals surface area contributed by atoms with E-state index in [1.165, 1.54) is 24.8 Å². The normalized spacial score (nSPS) is 46.8. The molecule has 2 rings (SSSR count). The summed E-state index contributed by atoms with van der Waals surface area (Å²) < 4.78 is 0.321. The van der Waals surface area contributed by atoms with Gasteiger partial charge in [0.2, 0.25) is 0 Å². The molecule has 0 N–H and O–H groups in total. The molecule has 1 heteroatoms. The Kier molecular flexibility index (Phi) is 1.38. The summed E-state index contributed by atoms with van der Waals surface area (Å²) in [5.41, 5.74) is 1.82. The summed E-state index contributed by atoms with van der Waals surface area (Å²) in [5, 5.41) is 0. The number of hydrogen-bond donors (Lipinski definition) is 0. The Morgan fingerprint density at radius 1 is 1.55 bits per heavy atom. The van der Waals surface area contributed by atoms with Gasteiger partial charge in [-0.15, -0.1) is 0 Å². The molecule has 0 spiro atoms. The van der Waals surface area contributed by atoms with Crippen LogP contribution in [0.25, 0.3) is 0 Å². The first kappa shape index (κ1) is 7.85. The highest BCUT2D eigenvalue weighted by molar-refractivity contribution is 9.10. The van der Waals surface area contributed by atoms with Crippen LogP contribution in [0.4, 0.5) is 0 Å². The Morgan fingerprint density at radius 3 is 2.45 bits per heavy atom. The predicted octanol–water partition coefficient (Wildman–Crippen LogP) is 3.52. The maximum Gasteiger partial charge on any atom is 0.0471 e. The van der Waals surface area contributed by atoms with Crippen LogP contribution in [0.15, 0.2) is 12.2 Å². The zero-order valence-electron chi connectivity index (χ0n) is 7.28. The van der Waals surface area contributed by atoms with Crippen molar-refractivity contribution in [3.63, 3.8) is 0 Å². The Morgan fingerprint density at radius 2 is 2.18 bits per heavy atom. The SMILES string of the molecule is C=C1C2(Br)CCC(C2)C1(C)C. The van der Waals surface area contributed by atoms with Crippen LogP contribution < -0.4 is 0 Å². The van der Waals surface area contributed by atoms with E-state index in [-0.39, 0.29) is 0 Å². The molecule has 0 saturated heterocycles. The summed E-state index contributed by atoms with van der Waals surface area (Å²) in [7, 11) is 0. The Hall–Kier alpha value is 0.220. The predicted molar refractivity (Wildman–Crippen MR) is 51.9 cm³/mol. The van der Waals surface area contributed by atoms with Gasteiger partial charge < -0.3 is 0 Å². The van der Waals surface area contributed by atoms with E-state index in [1.807, 2.05) is 0 Å². The van der Waals surface area contributed by atoms with E-state index in [9.17, 15) is 0 Å². The van der Waals surface area contributed by atoms with E-state index in [0.717, 1.165) is 5.92 Å². The number of alkyl halides is 1. The van der Waals surface area contributed by atoms with Gasteiger partial charge in [0, 0.05) is 4.32 Å². The van der Waals surface area contributed by atoms with Crippen molar-refractivity contribution >= 4 is 15.9 Å². The third kappa shape index (κ3) is 0.809. The van der Waals surface area contributed by atoms with Crippen LogP contribution in [-0.2, 0) is 0 Å². The molecule has 62 valence electrons. The van der Waals surface area contributed by atoms with Gasteiger partial charge in [0.1, 0.15) is 0 Å². The highest BCUT2D eigenvalue weighted by atomic mass is 79.9. The van der Waals surface area contributed by atoms with Gasteiger partial charge in [0.05, 0.1) is 0 Å². The molecule has 11 heavy (non-hydrogen) atoms. The number of allylic oxidation sites excluding steroid dienone is 1. The standard InChI is InChI=1S/C10H15Br/c1-7-9(2,3)8-4-5-10(7,11)6-8/h8H,1,4-6H2,2-3H3. The van der Waals surface area contributed by atoms with Crippen molar-refractivity contribution in [2.75, 3.05) is 0 Å². The minimum absolute atomic E-state index is 0.321. The van der Waals surface area contributed by atoms with Gasteiger partial charge in [-0.1, -0.05) is 41.9 Å². The molecule has 0 amide bonds. The molecule has 2 unspecified atom stereocenters. The molecular formula is C10H15Br. The fourth-order valence-corrected chi connectivity index (χ4v) is 3.84. The third-order valence-electron chi connectivity index (χ3n) is 3.80. The van der Waals surface area contributed by atoms with Crippen LogP contribution in [0, 0.1) is 11.3 Å². The minimum Gasteiger partial charge on any atom is -0.0979 e. The molecule has 0 aromatic rings. The Labute approximate surface area is 77.2 Å². The molecule has 2 aliphatic carbocycles. The largest absolute Gasteiger partial charge is 0.0979 e. The maximum absolute atomic E-state index is 4.21. The summed E-state index contributed by atoms with van der Waals surface area (Å²) in [5.74, 6) is 0.884. The number of fused-ring (bicyclic) bond motifs is 2. The van der Waals surface area contributed by atoms with Gasteiger partial charge in [-0.2, -0.15) is 0 Å². The first-order valence-electron chi connectivity index (χ1n) is 4.35. The second-order valence-electron chi connectivity index (χ2n) is 4.61. The van der Waals surface area contributed by atoms with Crippen LogP contribution >= 0.6 is 15.9 Å². The average Bonchev–Trinajstić information content (AvgIpc) is 2.36. The van der Waals surface area contributed by atoms with Crippen LogP contribution in [0.3, 0.4) is 0 Å². The fraction of sp³-hybridized carbons (Fsp3) is 0.800. The zero-order valence-corrected chi connectivity index (χ0v) is 8.87. The highest BCUT2D eigenvalue weighted by Gasteiger charge is 2.55. The second-order valence-corrected chi connectivity index (χ2v) is 6.12. The molecule has 2 atom stereocenters. The Bertz CT molecular complexity index is 210. The van der Waals surface area contributed by atoms with Crippen LogP contribution in [0.5, 0.6) is 0 Å². The molecule has 0 radical (unpaired) electrons. The molecule has 0 aromatic carbocycles. The highest BCUT2D eigenvalue weighted by Crippen LogP contribution is 2.64. The van der Waals surface area contributed by atoms with E-state index in [0.29, 0.717) is 9.74 Å². The molecule has 2 fully saturated rings. The molecule has 2 bridgehead atoms. The van der Waals surface area contributed by atoms with E-state index in [2.05, 4.69) is 36.4 Å². The number of rotatable bonds is 0. The monoisotopic (exact) mass is 214 g/mol. The lowest BCUT2D eigenvalue weighted by atomic mass is 9.73. The van der Waals surface area contributed by atoms with Crippen LogP contribution in [0.2, 0.25) is 0 Å². The van der Waals surface area contributed by atoms with Crippen molar-refractivity contribution in [2.45, 2.75) is 37.4 Å². The van der Waals surface area contributed by atoms with Crippen molar-refractivity contribution in [3.8, 4) is 0 Å². The van der Waals surface area contributed by atoms with Crippen LogP contribution in [0.1, 0.15) is 33.1 Å². The molecule has 0 heterocycles. The molecular weight excluding hydrogens is 200 g/mol. The van der Waals surface area contributed by atoms with E-state index in [4.69, 9.17) is 0 Å². The summed E-state index contributed by atoms with van der Waals surface area (Å²) in [6, 6.07) is 0. The van der Waals surface area contributed by atoms with Gasteiger partial charge in [-0.3, -0.25) is 0 Å². The lowest BCUT2D eigenvalue weighted by Crippen LogP contribution is -2.27. The topological polar surface area (TPSA) is 0 Å². The average molecular weight is 215 g/mol. The lowest BCUT2D eigenvalue weighted by molar-refractivity contribution is 0.291. The lowest BCUT2D eigenvalue weighted by Gasteiger charge is -2.34. The third-order valence-corrected chi connectivity index (χ3v) is 5.00. The van der Waals surface area contributed by atoms with Crippen molar-refractivity contribution in [2.24, 2.45) is 11.3 Å².